The predicted molar refractivity (Wildman–Crippen MR) is 63.5 cm³/mol. The second kappa shape index (κ2) is 5.77. The van der Waals surface area contributed by atoms with E-state index in [9.17, 15) is 13.2 Å². The highest BCUT2D eigenvalue weighted by Gasteiger charge is 2.27. The Morgan fingerprint density at radius 1 is 1.24 bits per heavy atom. The molecule has 96 valence electrons. The Labute approximate surface area is 106 Å². The van der Waals surface area contributed by atoms with E-state index in [-0.39, 0.29) is 29.2 Å². The SMILES string of the molecule is Cc1nc(Cl)c(NCCSC(F)(F)F)nc1C. The smallest absolute Gasteiger partial charge is 0.367 e. The largest absolute Gasteiger partial charge is 0.441 e. The summed E-state index contributed by atoms with van der Waals surface area (Å²) < 4.78 is 35.6. The van der Waals surface area contributed by atoms with Gasteiger partial charge in [0.05, 0.1) is 11.4 Å². The first-order chi connectivity index (χ1) is 7.79. The van der Waals surface area contributed by atoms with Gasteiger partial charge < -0.3 is 5.32 Å². The van der Waals surface area contributed by atoms with Crippen LogP contribution in [0.25, 0.3) is 0 Å². The summed E-state index contributed by atoms with van der Waals surface area (Å²) >= 11 is 5.72. The van der Waals surface area contributed by atoms with Crippen LogP contribution in [0.3, 0.4) is 0 Å². The Hall–Kier alpha value is -0.690. The number of thioether (sulfide) groups is 1. The van der Waals surface area contributed by atoms with Gasteiger partial charge in [-0.25, -0.2) is 9.97 Å². The van der Waals surface area contributed by atoms with Crippen molar-refractivity contribution >= 4 is 29.2 Å². The Morgan fingerprint density at radius 2 is 1.82 bits per heavy atom. The van der Waals surface area contributed by atoms with Crippen LogP contribution in [0.2, 0.25) is 5.15 Å². The van der Waals surface area contributed by atoms with Crippen LogP contribution >= 0.6 is 23.4 Å². The van der Waals surface area contributed by atoms with Crippen LogP contribution in [-0.4, -0.2) is 27.8 Å². The van der Waals surface area contributed by atoms with E-state index in [1.807, 2.05) is 0 Å². The van der Waals surface area contributed by atoms with Crippen LogP contribution < -0.4 is 5.32 Å². The molecule has 0 unspecified atom stereocenters. The third-order valence-electron chi connectivity index (χ3n) is 1.92. The van der Waals surface area contributed by atoms with Crippen molar-refractivity contribution in [2.75, 3.05) is 17.6 Å². The third kappa shape index (κ3) is 4.99. The van der Waals surface area contributed by atoms with Gasteiger partial charge in [0.2, 0.25) is 0 Å². The lowest BCUT2D eigenvalue weighted by atomic mass is 10.3. The normalized spacial score (nSPS) is 11.6. The first-order valence-corrected chi connectivity index (χ1v) is 6.11. The van der Waals surface area contributed by atoms with E-state index in [4.69, 9.17) is 11.6 Å². The lowest BCUT2D eigenvalue weighted by Gasteiger charge is -2.09. The van der Waals surface area contributed by atoms with Crippen molar-refractivity contribution in [3.8, 4) is 0 Å². The molecule has 0 aliphatic carbocycles. The molecular formula is C9H11ClF3N3S. The van der Waals surface area contributed by atoms with Crippen molar-refractivity contribution in [2.45, 2.75) is 19.4 Å². The lowest BCUT2D eigenvalue weighted by molar-refractivity contribution is -0.0327. The van der Waals surface area contributed by atoms with Crippen molar-refractivity contribution in [1.29, 1.82) is 0 Å². The molecule has 1 heterocycles. The van der Waals surface area contributed by atoms with E-state index >= 15 is 0 Å². The highest BCUT2D eigenvalue weighted by atomic mass is 35.5. The van der Waals surface area contributed by atoms with Gasteiger partial charge in [-0.05, 0) is 25.6 Å². The predicted octanol–water partition coefficient (Wildman–Crippen LogP) is 3.41. The summed E-state index contributed by atoms with van der Waals surface area (Å²) in [5.41, 5.74) is -2.81. The molecule has 0 atom stereocenters. The van der Waals surface area contributed by atoms with Gasteiger partial charge in [-0.15, -0.1) is 0 Å². The molecule has 0 aliphatic heterocycles. The summed E-state index contributed by atoms with van der Waals surface area (Å²) in [6, 6.07) is 0. The number of alkyl halides is 3. The number of nitrogens with zero attached hydrogens (tertiary/aromatic N) is 2. The van der Waals surface area contributed by atoms with E-state index < -0.39 is 5.51 Å². The molecule has 0 spiro atoms. The summed E-state index contributed by atoms with van der Waals surface area (Å²) in [7, 11) is 0. The van der Waals surface area contributed by atoms with Crippen LogP contribution in [0, 0.1) is 13.8 Å². The minimum atomic E-state index is -4.21. The van der Waals surface area contributed by atoms with E-state index in [1.165, 1.54) is 0 Å². The zero-order valence-electron chi connectivity index (χ0n) is 9.23. The highest BCUT2D eigenvalue weighted by molar-refractivity contribution is 8.00. The van der Waals surface area contributed by atoms with Gasteiger partial charge in [0, 0.05) is 12.3 Å². The molecule has 8 heteroatoms. The van der Waals surface area contributed by atoms with Crippen molar-refractivity contribution in [3.05, 3.63) is 16.5 Å². The topological polar surface area (TPSA) is 37.8 Å². The Balaban J connectivity index is 2.50. The second-order valence-electron chi connectivity index (χ2n) is 3.25. The number of aromatic nitrogens is 2. The summed E-state index contributed by atoms with van der Waals surface area (Å²) in [6.07, 6.45) is 0. The van der Waals surface area contributed by atoms with Crippen LogP contribution in [-0.2, 0) is 0 Å². The van der Waals surface area contributed by atoms with Crippen LogP contribution in [0.4, 0.5) is 19.0 Å². The molecule has 0 radical (unpaired) electrons. The average molecular weight is 286 g/mol. The average Bonchev–Trinajstić information content (AvgIpc) is 2.18. The van der Waals surface area contributed by atoms with Gasteiger partial charge in [-0.3, -0.25) is 0 Å². The molecule has 3 nitrogen and oxygen atoms in total. The maximum atomic E-state index is 11.9. The number of nitrogens with one attached hydrogen (secondary N) is 1. The number of hydrogen-bond acceptors (Lipinski definition) is 4. The maximum absolute atomic E-state index is 11.9. The molecule has 0 bridgehead atoms. The fourth-order valence-corrected chi connectivity index (χ4v) is 1.70. The highest BCUT2D eigenvalue weighted by Crippen LogP contribution is 2.29. The fourth-order valence-electron chi connectivity index (χ4n) is 1.02. The van der Waals surface area contributed by atoms with Gasteiger partial charge in [0.15, 0.2) is 11.0 Å². The molecular weight excluding hydrogens is 275 g/mol. The summed E-state index contributed by atoms with van der Waals surface area (Å²) in [6.45, 7) is 3.65. The molecule has 0 aliphatic rings. The van der Waals surface area contributed by atoms with Crippen molar-refractivity contribution < 1.29 is 13.2 Å². The molecule has 0 amide bonds. The van der Waals surface area contributed by atoms with E-state index in [2.05, 4.69) is 15.3 Å². The Bertz CT molecular complexity index is 398. The molecule has 0 aromatic carbocycles. The van der Waals surface area contributed by atoms with Gasteiger partial charge in [-0.1, -0.05) is 11.6 Å². The molecule has 0 saturated carbocycles. The standard InChI is InChI=1S/C9H11ClF3N3S/c1-5-6(2)16-8(7(10)15-5)14-3-4-17-9(11,12)13/h3-4H2,1-2H3,(H,14,16). The maximum Gasteiger partial charge on any atom is 0.441 e. The summed E-state index contributed by atoms with van der Waals surface area (Å²) in [5.74, 6) is 0.214. The van der Waals surface area contributed by atoms with Gasteiger partial charge >= 0.3 is 5.51 Å². The van der Waals surface area contributed by atoms with Gasteiger partial charge in [0.25, 0.3) is 0 Å². The second-order valence-corrected chi connectivity index (χ2v) is 4.77. The fraction of sp³-hybridized carbons (Fsp3) is 0.556. The Kier molecular flexibility index (Phi) is 4.88. The van der Waals surface area contributed by atoms with E-state index in [1.54, 1.807) is 13.8 Å². The number of aryl methyl sites for hydroxylation is 2. The molecule has 1 rings (SSSR count). The quantitative estimate of drug-likeness (QED) is 0.860. The molecule has 0 saturated heterocycles. The molecule has 1 aromatic rings. The van der Waals surface area contributed by atoms with Crippen molar-refractivity contribution in [3.63, 3.8) is 0 Å². The van der Waals surface area contributed by atoms with Crippen molar-refractivity contribution in [1.82, 2.24) is 9.97 Å². The third-order valence-corrected chi connectivity index (χ3v) is 2.92. The zero-order chi connectivity index (χ0) is 13.1. The Morgan fingerprint density at radius 3 is 2.41 bits per heavy atom. The first-order valence-electron chi connectivity index (χ1n) is 4.75. The lowest BCUT2D eigenvalue weighted by Crippen LogP contribution is -2.11. The molecule has 0 fully saturated rings. The monoisotopic (exact) mass is 285 g/mol. The minimum Gasteiger partial charge on any atom is -0.367 e. The van der Waals surface area contributed by atoms with E-state index in [0.29, 0.717) is 17.2 Å². The molecule has 1 aromatic heterocycles. The minimum absolute atomic E-state index is 0.0877. The molecule has 1 N–H and O–H groups in total. The molecule has 17 heavy (non-hydrogen) atoms. The number of halogens is 4. The van der Waals surface area contributed by atoms with Gasteiger partial charge in [0.1, 0.15) is 0 Å². The zero-order valence-corrected chi connectivity index (χ0v) is 10.8. The number of anilines is 1. The first kappa shape index (κ1) is 14.4. The van der Waals surface area contributed by atoms with Crippen LogP contribution in [0.5, 0.6) is 0 Å². The van der Waals surface area contributed by atoms with Crippen molar-refractivity contribution in [2.24, 2.45) is 0 Å². The van der Waals surface area contributed by atoms with Crippen LogP contribution in [0.1, 0.15) is 11.4 Å². The van der Waals surface area contributed by atoms with Crippen LogP contribution in [0.15, 0.2) is 0 Å². The summed E-state index contributed by atoms with van der Waals surface area (Å²) in [4.78, 5) is 8.12. The number of hydrogen-bond donors (Lipinski definition) is 1. The van der Waals surface area contributed by atoms with Gasteiger partial charge in [-0.2, -0.15) is 13.2 Å². The summed E-state index contributed by atoms with van der Waals surface area (Å²) in [5, 5.41) is 2.90. The number of rotatable bonds is 4. The van der Waals surface area contributed by atoms with E-state index in [0.717, 1.165) is 0 Å².